The van der Waals surface area contributed by atoms with Gasteiger partial charge in [-0.2, -0.15) is 0 Å². The summed E-state index contributed by atoms with van der Waals surface area (Å²) in [4.78, 5) is 21.0. The molecule has 2 aromatic carbocycles. The minimum absolute atomic E-state index is 0.0184. The maximum absolute atomic E-state index is 11.0. The molecule has 0 heterocycles. The average molecular weight is 357 g/mol. The number of nitrogens with zero attached hydrogens (tertiary/aromatic N) is 1. The molecule has 0 unspecified atom stereocenters. The zero-order chi connectivity index (χ0) is 14.7. The molecule has 0 fully saturated rings. The van der Waals surface area contributed by atoms with Crippen LogP contribution < -0.4 is 4.74 Å². The van der Waals surface area contributed by atoms with Crippen LogP contribution in [0.15, 0.2) is 40.9 Å². The van der Waals surface area contributed by atoms with E-state index < -0.39 is 4.92 Å². The van der Waals surface area contributed by atoms with Gasteiger partial charge in [0.15, 0.2) is 0 Å². The fraction of sp³-hybridized carbons (Fsp3) is 0. The van der Waals surface area contributed by atoms with E-state index in [1.165, 1.54) is 12.1 Å². The van der Waals surface area contributed by atoms with Crippen molar-refractivity contribution in [3.05, 3.63) is 61.6 Å². The van der Waals surface area contributed by atoms with E-state index in [-0.39, 0.29) is 22.7 Å². The summed E-state index contributed by atoms with van der Waals surface area (Å²) in [6.07, 6.45) is 0.531. The number of nitro benzene ring substituents is 1. The van der Waals surface area contributed by atoms with Gasteiger partial charge in [0.1, 0.15) is 12.0 Å². The molecular weight excluding hydrogens is 350 g/mol. The highest BCUT2D eigenvalue weighted by Gasteiger charge is 2.17. The van der Waals surface area contributed by atoms with Gasteiger partial charge in [0.2, 0.25) is 5.75 Å². The van der Waals surface area contributed by atoms with Gasteiger partial charge in [0, 0.05) is 16.1 Å². The summed E-state index contributed by atoms with van der Waals surface area (Å²) in [7, 11) is 0. The van der Waals surface area contributed by atoms with Crippen molar-refractivity contribution >= 4 is 39.5 Å². The minimum Gasteiger partial charge on any atom is -0.449 e. The van der Waals surface area contributed by atoms with Gasteiger partial charge in [-0.15, -0.1) is 0 Å². The van der Waals surface area contributed by atoms with Crippen LogP contribution in [0.1, 0.15) is 10.4 Å². The first-order valence-corrected chi connectivity index (χ1v) is 6.55. The summed E-state index contributed by atoms with van der Waals surface area (Å²) in [5.41, 5.74) is -0.0976. The summed E-state index contributed by atoms with van der Waals surface area (Å²) in [6.45, 7) is 0. The molecule has 5 nitrogen and oxygen atoms in total. The molecule has 102 valence electrons. The second-order valence-corrected chi connectivity index (χ2v) is 5.10. The van der Waals surface area contributed by atoms with Crippen LogP contribution in [0.4, 0.5) is 5.69 Å². The largest absolute Gasteiger partial charge is 0.449 e. The lowest BCUT2D eigenvalue weighted by atomic mass is 10.2. The molecule has 0 bridgehead atoms. The van der Waals surface area contributed by atoms with Gasteiger partial charge in [-0.05, 0) is 30.3 Å². The van der Waals surface area contributed by atoms with E-state index in [0.717, 1.165) is 10.5 Å². The molecule has 7 heteroatoms. The standard InChI is InChI=1S/C13H7BrClNO4/c14-9-2-4-12(10(15)6-9)20-13-3-1-8(7-17)5-11(13)16(18)19/h1-7H. The molecule has 0 N–H and O–H groups in total. The third kappa shape index (κ3) is 3.15. The van der Waals surface area contributed by atoms with E-state index in [1.807, 2.05) is 0 Å². The predicted octanol–water partition coefficient (Wildman–Crippen LogP) is 4.62. The second kappa shape index (κ2) is 6.02. The quantitative estimate of drug-likeness (QED) is 0.455. The lowest BCUT2D eigenvalue weighted by Crippen LogP contribution is -1.95. The Bertz CT molecular complexity index is 690. The van der Waals surface area contributed by atoms with Crippen molar-refractivity contribution in [3.8, 4) is 11.5 Å². The van der Waals surface area contributed by atoms with Gasteiger partial charge >= 0.3 is 5.69 Å². The van der Waals surface area contributed by atoms with Crippen LogP contribution in [0.25, 0.3) is 0 Å². The summed E-state index contributed by atoms with van der Waals surface area (Å²) in [5.74, 6) is 0.307. The molecule has 2 aromatic rings. The predicted molar refractivity (Wildman–Crippen MR) is 77.7 cm³/mol. The highest BCUT2D eigenvalue weighted by atomic mass is 79.9. The molecule has 0 aliphatic heterocycles. The first-order valence-electron chi connectivity index (χ1n) is 5.38. The van der Waals surface area contributed by atoms with E-state index in [9.17, 15) is 14.9 Å². The van der Waals surface area contributed by atoms with E-state index in [0.29, 0.717) is 11.3 Å². The molecule has 0 atom stereocenters. The number of carbonyl (C=O) groups excluding carboxylic acids is 1. The Kier molecular flexibility index (Phi) is 4.36. The zero-order valence-electron chi connectivity index (χ0n) is 9.88. The summed E-state index contributed by atoms with van der Waals surface area (Å²) >= 11 is 9.24. The number of halogens is 2. The molecule has 0 aliphatic carbocycles. The lowest BCUT2D eigenvalue weighted by molar-refractivity contribution is -0.385. The van der Waals surface area contributed by atoms with E-state index >= 15 is 0 Å². The van der Waals surface area contributed by atoms with Gasteiger partial charge in [-0.25, -0.2) is 0 Å². The van der Waals surface area contributed by atoms with Gasteiger partial charge < -0.3 is 4.74 Å². The SMILES string of the molecule is O=Cc1ccc(Oc2ccc(Br)cc2Cl)c([N+](=O)[O-])c1. The Morgan fingerprint density at radius 1 is 1.20 bits per heavy atom. The van der Waals surface area contributed by atoms with Crippen LogP contribution in [0.5, 0.6) is 11.5 Å². The van der Waals surface area contributed by atoms with Crippen molar-refractivity contribution < 1.29 is 14.5 Å². The molecule has 0 spiro atoms. The van der Waals surface area contributed by atoms with Crippen molar-refractivity contribution in [3.63, 3.8) is 0 Å². The van der Waals surface area contributed by atoms with Gasteiger partial charge in [-0.1, -0.05) is 27.5 Å². The van der Waals surface area contributed by atoms with Crippen molar-refractivity contribution in [2.75, 3.05) is 0 Å². The van der Waals surface area contributed by atoms with Gasteiger partial charge in [0.05, 0.1) is 9.95 Å². The van der Waals surface area contributed by atoms with Crippen LogP contribution in [0.3, 0.4) is 0 Å². The topological polar surface area (TPSA) is 69.4 Å². The highest BCUT2D eigenvalue weighted by Crippen LogP contribution is 2.36. The lowest BCUT2D eigenvalue weighted by Gasteiger charge is -2.08. The number of hydrogen-bond acceptors (Lipinski definition) is 4. The first-order chi connectivity index (χ1) is 9.51. The van der Waals surface area contributed by atoms with Crippen LogP contribution in [0, 0.1) is 10.1 Å². The van der Waals surface area contributed by atoms with Crippen LogP contribution in [-0.4, -0.2) is 11.2 Å². The van der Waals surface area contributed by atoms with Crippen molar-refractivity contribution in [2.24, 2.45) is 0 Å². The minimum atomic E-state index is -0.616. The van der Waals surface area contributed by atoms with Gasteiger partial charge in [0.25, 0.3) is 0 Å². The molecule has 0 aliphatic rings. The van der Waals surface area contributed by atoms with E-state index in [2.05, 4.69) is 15.9 Å². The fourth-order valence-electron chi connectivity index (χ4n) is 1.51. The monoisotopic (exact) mass is 355 g/mol. The number of benzene rings is 2. The second-order valence-electron chi connectivity index (χ2n) is 3.78. The number of carbonyl (C=O) groups is 1. The third-order valence-electron chi connectivity index (χ3n) is 2.43. The Hall–Kier alpha value is -1.92. The van der Waals surface area contributed by atoms with Crippen molar-refractivity contribution in [2.45, 2.75) is 0 Å². The normalized spacial score (nSPS) is 10.1. The number of aldehydes is 1. The molecule has 0 saturated heterocycles. The Labute approximate surface area is 127 Å². The molecular formula is C13H7BrClNO4. The molecule has 0 amide bonds. The Morgan fingerprint density at radius 3 is 2.50 bits per heavy atom. The Morgan fingerprint density at radius 2 is 1.90 bits per heavy atom. The molecule has 20 heavy (non-hydrogen) atoms. The molecule has 0 saturated carbocycles. The summed E-state index contributed by atoms with van der Waals surface area (Å²) in [5, 5.41) is 11.3. The highest BCUT2D eigenvalue weighted by molar-refractivity contribution is 9.10. The smallest absolute Gasteiger partial charge is 0.312 e. The molecule has 2 rings (SSSR count). The van der Waals surface area contributed by atoms with Gasteiger partial charge in [-0.3, -0.25) is 14.9 Å². The third-order valence-corrected chi connectivity index (χ3v) is 3.22. The summed E-state index contributed by atoms with van der Waals surface area (Å²) in [6, 6.07) is 8.84. The maximum Gasteiger partial charge on any atom is 0.312 e. The molecule has 0 radical (unpaired) electrons. The summed E-state index contributed by atoms with van der Waals surface area (Å²) < 4.78 is 6.21. The van der Waals surface area contributed by atoms with E-state index in [1.54, 1.807) is 18.2 Å². The number of nitro groups is 1. The molecule has 0 aromatic heterocycles. The number of ether oxygens (including phenoxy) is 1. The van der Waals surface area contributed by atoms with E-state index in [4.69, 9.17) is 16.3 Å². The van der Waals surface area contributed by atoms with Crippen LogP contribution in [-0.2, 0) is 0 Å². The number of rotatable bonds is 4. The van der Waals surface area contributed by atoms with Crippen molar-refractivity contribution in [1.82, 2.24) is 0 Å². The van der Waals surface area contributed by atoms with Crippen molar-refractivity contribution in [1.29, 1.82) is 0 Å². The van der Waals surface area contributed by atoms with Crippen LogP contribution >= 0.6 is 27.5 Å². The Balaban J connectivity index is 2.42. The first kappa shape index (κ1) is 14.5. The maximum atomic E-state index is 11.0. The fourth-order valence-corrected chi connectivity index (χ4v) is 2.23. The number of hydrogen-bond donors (Lipinski definition) is 0. The van der Waals surface area contributed by atoms with Crippen LogP contribution in [0.2, 0.25) is 5.02 Å². The average Bonchev–Trinajstić information content (AvgIpc) is 2.42. The zero-order valence-corrected chi connectivity index (χ0v) is 12.2.